The Labute approximate surface area is 138 Å². The van der Waals surface area contributed by atoms with Crippen LogP contribution >= 0.6 is 0 Å². The summed E-state index contributed by atoms with van der Waals surface area (Å²) in [5.74, 6) is 1.06. The largest absolute Gasteiger partial charge is 0.444 e. The topological polar surface area (TPSA) is 86.2 Å². The maximum Gasteiger partial charge on any atom is 0.248 e. The van der Waals surface area contributed by atoms with Crippen molar-refractivity contribution in [2.75, 3.05) is 0 Å². The summed E-state index contributed by atoms with van der Waals surface area (Å²) in [5.41, 5.74) is 6.35. The average molecular weight is 334 g/mol. The van der Waals surface area contributed by atoms with Crippen molar-refractivity contribution in [3.05, 3.63) is 53.2 Å². The van der Waals surface area contributed by atoms with Crippen LogP contribution in [0.25, 0.3) is 0 Å². The highest BCUT2D eigenvalue weighted by atomic mass is 32.2. The first-order valence-corrected chi connectivity index (χ1v) is 8.79. The molecule has 0 saturated heterocycles. The molecule has 124 valence electrons. The van der Waals surface area contributed by atoms with E-state index in [-0.39, 0.29) is 10.7 Å². The molecule has 2 rings (SSSR count). The van der Waals surface area contributed by atoms with Gasteiger partial charge in [0.15, 0.2) is 0 Å². The van der Waals surface area contributed by atoms with Crippen LogP contribution in [0.1, 0.15) is 60.5 Å². The normalized spacial score (nSPS) is 14.4. The highest BCUT2D eigenvalue weighted by molar-refractivity contribution is 7.84. The van der Waals surface area contributed by atoms with Gasteiger partial charge in [0.1, 0.15) is 11.0 Å². The number of nitrogens with two attached hydrogens (primary N) is 1. The molecule has 0 radical (unpaired) electrons. The molecule has 6 heteroatoms. The van der Waals surface area contributed by atoms with E-state index in [1.54, 1.807) is 24.4 Å². The van der Waals surface area contributed by atoms with Crippen LogP contribution < -0.4 is 5.73 Å². The van der Waals surface area contributed by atoms with E-state index in [0.717, 1.165) is 11.3 Å². The molecule has 5 nitrogen and oxygen atoms in total. The summed E-state index contributed by atoms with van der Waals surface area (Å²) in [6.45, 7) is 7.93. The molecule has 0 fully saturated rings. The van der Waals surface area contributed by atoms with Crippen LogP contribution in [0, 0.1) is 0 Å². The van der Waals surface area contributed by atoms with Crippen molar-refractivity contribution in [2.24, 2.45) is 5.73 Å². The van der Waals surface area contributed by atoms with Crippen LogP contribution in [0.3, 0.4) is 0 Å². The second-order valence-corrected chi connectivity index (χ2v) is 8.30. The van der Waals surface area contributed by atoms with Gasteiger partial charge in [-0.15, -0.1) is 0 Å². The van der Waals surface area contributed by atoms with Crippen LogP contribution in [0.2, 0.25) is 0 Å². The lowest BCUT2D eigenvalue weighted by Gasteiger charge is -2.14. The molecule has 0 spiro atoms. The summed E-state index contributed by atoms with van der Waals surface area (Å²) in [7, 11) is -1.21. The van der Waals surface area contributed by atoms with Gasteiger partial charge in [0.2, 0.25) is 11.8 Å². The lowest BCUT2D eigenvalue weighted by atomic mass is 9.94. The molecule has 1 aromatic carbocycles. The number of benzene rings is 1. The van der Waals surface area contributed by atoms with Crippen LogP contribution in [0.15, 0.2) is 34.9 Å². The minimum atomic E-state index is -1.21. The standard InChI is InChI=1S/C17H22N2O3S/c1-11(16-19-9-14(22-16)17(2,3)4)23(21)10-12-6-5-7-13(8-12)15(18)20/h5-9,11H,10H2,1-4H3,(H2,18,20)/t11-,23-/m1/s1. The number of rotatable bonds is 5. The van der Waals surface area contributed by atoms with E-state index in [9.17, 15) is 9.00 Å². The van der Waals surface area contributed by atoms with Crippen LogP contribution in [0.4, 0.5) is 0 Å². The molecule has 1 aromatic heterocycles. The fraction of sp³-hybridized carbons (Fsp3) is 0.412. The molecule has 2 aromatic rings. The predicted octanol–water partition coefficient (Wildman–Crippen LogP) is 3.08. The van der Waals surface area contributed by atoms with Crippen molar-refractivity contribution in [3.8, 4) is 0 Å². The van der Waals surface area contributed by atoms with Gasteiger partial charge >= 0.3 is 0 Å². The van der Waals surface area contributed by atoms with E-state index >= 15 is 0 Å². The predicted molar refractivity (Wildman–Crippen MR) is 90.4 cm³/mol. The lowest BCUT2D eigenvalue weighted by molar-refractivity contribution is 0.1000. The quantitative estimate of drug-likeness (QED) is 0.910. The van der Waals surface area contributed by atoms with Crippen molar-refractivity contribution < 1.29 is 13.4 Å². The third kappa shape index (κ3) is 4.28. The smallest absolute Gasteiger partial charge is 0.248 e. The molecule has 0 aliphatic carbocycles. The molecule has 0 unspecified atom stereocenters. The SMILES string of the molecule is C[C@H](c1ncc(C(C)(C)C)o1)[S@](=O)Cc1cccc(C(N)=O)c1. The monoisotopic (exact) mass is 334 g/mol. The Morgan fingerprint density at radius 3 is 2.65 bits per heavy atom. The number of primary amides is 1. The highest BCUT2D eigenvalue weighted by Crippen LogP contribution is 2.27. The number of nitrogens with zero attached hydrogens (tertiary/aromatic N) is 1. The van der Waals surface area contributed by atoms with E-state index in [1.807, 2.05) is 33.8 Å². The lowest BCUT2D eigenvalue weighted by Crippen LogP contribution is -2.12. The molecule has 0 saturated carbocycles. The van der Waals surface area contributed by atoms with Gasteiger partial charge in [-0.25, -0.2) is 4.98 Å². The molecule has 23 heavy (non-hydrogen) atoms. The molecule has 2 atom stereocenters. The first-order valence-electron chi connectivity index (χ1n) is 7.40. The van der Waals surface area contributed by atoms with Gasteiger partial charge in [0.25, 0.3) is 0 Å². The number of hydrogen-bond donors (Lipinski definition) is 1. The van der Waals surface area contributed by atoms with Gasteiger partial charge in [-0.3, -0.25) is 9.00 Å². The number of oxazole rings is 1. The summed E-state index contributed by atoms with van der Waals surface area (Å²) in [6.07, 6.45) is 1.69. The number of carbonyl (C=O) groups excluding carboxylic acids is 1. The Bertz CT molecular complexity index is 731. The van der Waals surface area contributed by atoms with Crippen molar-refractivity contribution in [1.82, 2.24) is 4.98 Å². The van der Waals surface area contributed by atoms with E-state index in [0.29, 0.717) is 17.2 Å². The zero-order valence-electron chi connectivity index (χ0n) is 13.8. The number of hydrogen-bond acceptors (Lipinski definition) is 4. The number of amides is 1. The Kier molecular flexibility index (Phi) is 5.04. The first-order chi connectivity index (χ1) is 10.7. The fourth-order valence-corrected chi connectivity index (χ4v) is 3.13. The molecular weight excluding hydrogens is 312 g/mol. The summed E-state index contributed by atoms with van der Waals surface area (Å²) >= 11 is 0. The maximum absolute atomic E-state index is 12.5. The van der Waals surface area contributed by atoms with Crippen LogP contribution in [0.5, 0.6) is 0 Å². The molecule has 0 aliphatic rings. The van der Waals surface area contributed by atoms with Crippen LogP contribution in [-0.2, 0) is 22.0 Å². The van der Waals surface area contributed by atoms with Gasteiger partial charge in [-0.1, -0.05) is 32.9 Å². The zero-order chi connectivity index (χ0) is 17.2. The molecule has 0 aliphatic heterocycles. The van der Waals surface area contributed by atoms with E-state index in [2.05, 4.69) is 4.98 Å². The van der Waals surface area contributed by atoms with Gasteiger partial charge in [0, 0.05) is 27.5 Å². The molecule has 1 heterocycles. The second kappa shape index (κ2) is 6.66. The van der Waals surface area contributed by atoms with Crippen molar-refractivity contribution in [3.63, 3.8) is 0 Å². The Morgan fingerprint density at radius 2 is 2.09 bits per heavy atom. The van der Waals surface area contributed by atoms with Crippen LogP contribution in [-0.4, -0.2) is 15.1 Å². The third-order valence-electron chi connectivity index (χ3n) is 3.53. The van der Waals surface area contributed by atoms with E-state index in [1.165, 1.54) is 0 Å². The van der Waals surface area contributed by atoms with Gasteiger partial charge in [0.05, 0.1) is 6.20 Å². The van der Waals surface area contributed by atoms with Gasteiger partial charge in [-0.2, -0.15) is 0 Å². The molecule has 2 N–H and O–H groups in total. The van der Waals surface area contributed by atoms with E-state index in [4.69, 9.17) is 10.2 Å². The van der Waals surface area contributed by atoms with Crippen molar-refractivity contribution in [1.29, 1.82) is 0 Å². The summed E-state index contributed by atoms with van der Waals surface area (Å²) in [4.78, 5) is 15.5. The summed E-state index contributed by atoms with van der Waals surface area (Å²) < 4.78 is 18.3. The third-order valence-corrected chi connectivity index (χ3v) is 5.13. The first kappa shape index (κ1) is 17.4. The van der Waals surface area contributed by atoms with Gasteiger partial charge < -0.3 is 10.2 Å². The zero-order valence-corrected chi connectivity index (χ0v) is 14.6. The van der Waals surface area contributed by atoms with Gasteiger partial charge in [-0.05, 0) is 24.6 Å². The molecule has 0 bridgehead atoms. The number of aromatic nitrogens is 1. The number of carbonyl (C=O) groups is 1. The maximum atomic E-state index is 12.5. The highest BCUT2D eigenvalue weighted by Gasteiger charge is 2.24. The van der Waals surface area contributed by atoms with E-state index < -0.39 is 16.7 Å². The fourth-order valence-electron chi connectivity index (χ4n) is 2.04. The Hall–Kier alpha value is -1.95. The Balaban J connectivity index is 2.12. The minimum Gasteiger partial charge on any atom is -0.444 e. The van der Waals surface area contributed by atoms with Crippen molar-refractivity contribution in [2.45, 2.75) is 44.1 Å². The molecular formula is C17H22N2O3S. The Morgan fingerprint density at radius 1 is 1.39 bits per heavy atom. The second-order valence-electron chi connectivity index (χ2n) is 6.54. The van der Waals surface area contributed by atoms with Crippen molar-refractivity contribution >= 4 is 16.7 Å². The average Bonchev–Trinajstić information content (AvgIpc) is 2.96. The molecule has 1 amide bonds. The summed E-state index contributed by atoms with van der Waals surface area (Å²) in [6, 6.07) is 6.87. The minimum absolute atomic E-state index is 0.137. The summed E-state index contributed by atoms with van der Waals surface area (Å²) in [5, 5.41) is -0.330.